The van der Waals surface area contributed by atoms with Gasteiger partial charge in [-0.3, -0.25) is 4.79 Å². The Morgan fingerprint density at radius 1 is 0.939 bits per heavy atom. The van der Waals surface area contributed by atoms with Crippen LogP contribution in [0.3, 0.4) is 0 Å². The van der Waals surface area contributed by atoms with Crippen molar-refractivity contribution in [3.05, 3.63) is 46.9 Å². The molecule has 0 aliphatic rings. The largest absolute Gasteiger partial charge is 0.496 e. The fourth-order valence-electron chi connectivity index (χ4n) is 2.99. The lowest BCUT2D eigenvalue weighted by molar-refractivity contribution is -0.118. The van der Waals surface area contributed by atoms with Gasteiger partial charge in [-0.15, -0.1) is 0 Å². The van der Waals surface area contributed by atoms with Crippen LogP contribution in [-0.2, 0) is 25.2 Å². The van der Waals surface area contributed by atoms with Gasteiger partial charge in [-0.1, -0.05) is 6.07 Å². The molecule has 0 fully saturated rings. The number of hydrogen-bond donors (Lipinski definition) is 1. The zero-order valence-electron chi connectivity index (χ0n) is 18.9. The molecule has 0 aliphatic carbocycles. The van der Waals surface area contributed by atoms with Gasteiger partial charge in [-0.2, -0.15) is 0 Å². The number of carbonyl (C=O) groups excluding carboxylic acids is 2. The molecule has 1 amide bonds. The zero-order chi connectivity index (χ0) is 24.4. The molecule has 2 aromatic rings. The smallest absolute Gasteiger partial charge is 0.224 e. The molecular weight excluding hydrogens is 450 g/mol. The Kier molecular flexibility index (Phi) is 9.29. The van der Waals surface area contributed by atoms with Gasteiger partial charge in [-0.05, 0) is 23.8 Å². The van der Waals surface area contributed by atoms with Crippen LogP contribution in [0.25, 0.3) is 6.08 Å². The lowest BCUT2D eigenvalue weighted by Crippen LogP contribution is -2.12. The highest BCUT2D eigenvalue weighted by Gasteiger charge is 2.15. The van der Waals surface area contributed by atoms with E-state index in [1.54, 1.807) is 24.3 Å². The van der Waals surface area contributed by atoms with Gasteiger partial charge in [0.2, 0.25) is 5.91 Å². The third-order valence-corrected chi connectivity index (χ3v) is 5.88. The third kappa shape index (κ3) is 7.25. The van der Waals surface area contributed by atoms with Crippen LogP contribution in [0.5, 0.6) is 23.0 Å². The average Bonchev–Trinajstić information content (AvgIpc) is 2.80. The molecule has 10 heteroatoms. The van der Waals surface area contributed by atoms with E-state index < -0.39 is 9.84 Å². The minimum atomic E-state index is -3.70. The summed E-state index contributed by atoms with van der Waals surface area (Å²) in [4.78, 5) is 22.4. The maximum Gasteiger partial charge on any atom is 0.224 e. The third-order valence-electron chi connectivity index (χ3n) is 4.59. The van der Waals surface area contributed by atoms with E-state index in [0.29, 0.717) is 46.1 Å². The number of sulfone groups is 1. The number of rotatable bonds is 12. The Morgan fingerprint density at radius 2 is 1.58 bits per heavy atom. The summed E-state index contributed by atoms with van der Waals surface area (Å²) in [6, 6.07) is 7.94. The summed E-state index contributed by atoms with van der Waals surface area (Å²) in [7, 11) is 2.16. The predicted octanol–water partition coefficient (Wildman–Crippen LogP) is 3.22. The standard InChI is InChI=1S/C23H27NO8S/c1-29-17-13-21(31-3)18(22(14-17)32-4)9-11-33(27,28)15-16-7-8-20(30-2)19(12-16)24-23(26)6-5-10-25/h7-14H,5-6,15H2,1-4H3,(H,24,26). The molecule has 178 valence electrons. The van der Waals surface area contributed by atoms with Gasteiger partial charge in [0, 0.05) is 30.4 Å². The van der Waals surface area contributed by atoms with Crippen LogP contribution in [0.2, 0.25) is 0 Å². The van der Waals surface area contributed by atoms with Gasteiger partial charge in [0.15, 0.2) is 9.84 Å². The Bertz CT molecular complexity index is 1100. The maximum atomic E-state index is 12.8. The summed E-state index contributed by atoms with van der Waals surface area (Å²) in [5.74, 6) is 0.971. The number of amides is 1. The van der Waals surface area contributed by atoms with Gasteiger partial charge >= 0.3 is 0 Å². The SMILES string of the molecule is COc1cc(OC)c(C=CS(=O)(=O)Cc2ccc(OC)c(NC(=O)CCC=O)c2)c(OC)c1. The molecule has 0 saturated carbocycles. The molecule has 2 aromatic carbocycles. The van der Waals surface area contributed by atoms with Gasteiger partial charge < -0.3 is 29.1 Å². The molecule has 0 bridgehead atoms. The van der Waals surface area contributed by atoms with Crippen molar-refractivity contribution in [2.75, 3.05) is 33.8 Å². The number of nitrogens with one attached hydrogen (secondary N) is 1. The summed E-state index contributed by atoms with van der Waals surface area (Å²) in [5, 5.41) is 3.72. The highest BCUT2D eigenvalue weighted by molar-refractivity contribution is 7.93. The van der Waals surface area contributed by atoms with E-state index in [9.17, 15) is 18.0 Å². The Labute approximate surface area is 193 Å². The molecule has 0 aliphatic heterocycles. The number of hydrogen-bond acceptors (Lipinski definition) is 8. The topological polar surface area (TPSA) is 117 Å². The fourth-order valence-corrected chi connectivity index (χ4v) is 4.08. The van der Waals surface area contributed by atoms with Gasteiger partial charge in [0.05, 0.1) is 45.4 Å². The van der Waals surface area contributed by atoms with Crippen molar-refractivity contribution in [3.8, 4) is 23.0 Å². The van der Waals surface area contributed by atoms with Crippen LogP contribution >= 0.6 is 0 Å². The first kappa shape index (κ1) is 25.7. The monoisotopic (exact) mass is 477 g/mol. The number of anilines is 1. The van der Waals surface area contributed by atoms with Crippen LogP contribution < -0.4 is 24.3 Å². The van der Waals surface area contributed by atoms with Crippen molar-refractivity contribution < 1.29 is 37.0 Å². The second-order valence-corrected chi connectivity index (χ2v) is 8.73. The summed E-state index contributed by atoms with van der Waals surface area (Å²) in [6.45, 7) is 0. The van der Waals surface area contributed by atoms with Crippen molar-refractivity contribution in [1.29, 1.82) is 0 Å². The summed E-state index contributed by atoms with van der Waals surface area (Å²) in [6.07, 6.45) is 2.16. The highest BCUT2D eigenvalue weighted by atomic mass is 32.2. The fraction of sp³-hybridized carbons (Fsp3) is 0.304. The van der Waals surface area contributed by atoms with Crippen LogP contribution in [0.4, 0.5) is 5.69 Å². The first-order valence-electron chi connectivity index (χ1n) is 9.88. The lowest BCUT2D eigenvalue weighted by atomic mass is 10.1. The molecule has 33 heavy (non-hydrogen) atoms. The van der Waals surface area contributed by atoms with Crippen LogP contribution in [0, 0.1) is 0 Å². The van der Waals surface area contributed by atoms with E-state index in [1.807, 2.05) is 0 Å². The Hall–Kier alpha value is -3.53. The van der Waals surface area contributed by atoms with E-state index in [-0.39, 0.29) is 24.5 Å². The molecule has 0 atom stereocenters. The van der Waals surface area contributed by atoms with E-state index in [1.165, 1.54) is 40.6 Å². The molecule has 0 saturated heterocycles. The molecule has 0 heterocycles. The minimum absolute atomic E-state index is 0.0173. The maximum absolute atomic E-state index is 12.8. The summed E-state index contributed by atoms with van der Waals surface area (Å²) < 4.78 is 46.6. The molecule has 0 aromatic heterocycles. The predicted molar refractivity (Wildman–Crippen MR) is 125 cm³/mol. The first-order valence-corrected chi connectivity index (χ1v) is 11.6. The summed E-state index contributed by atoms with van der Waals surface area (Å²) >= 11 is 0. The van der Waals surface area contributed by atoms with Crippen LogP contribution in [0.1, 0.15) is 24.0 Å². The lowest BCUT2D eigenvalue weighted by Gasteiger charge is -2.13. The van der Waals surface area contributed by atoms with Crippen molar-refractivity contribution in [2.45, 2.75) is 18.6 Å². The molecule has 0 spiro atoms. The number of benzene rings is 2. The van der Waals surface area contributed by atoms with Crippen molar-refractivity contribution in [3.63, 3.8) is 0 Å². The first-order chi connectivity index (χ1) is 15.8. The van der Waals surface area contributed by atoms with Crippen molar-refractivity contribution >= 4 is 33.8 Å². The zero-order valence-corrected chi connectivity index (χ0v) is 19.7. The number of aldehydes is 1. The van der Waals surface area contributed by atoms with Crippen molar-refractivity contribution in [2.24, 2.45) is 0 Å². The Morgan fingerprint density at radius 3 is 2.12 bits per heavy atom. The van der Waals surface area contributed by atoms with E-state index in [2.05, 4.69) is 5.32 Å². The number of ether oxygens (including phenoxy) is 4. The molecule has 9 nitrogen and oxygen atoms in total. The van der Waals surface area contributed by atoms with Gasteiger partial charge in [0.25, 0.3) is 0 Å². The van der Waals surface area contributed by atoms with Crippen molar-refractivity contribution in [1.82, 2.24) is 0 Å². The molecule has 0 unspecified atom stereocenters. The van der Waals surface area contributed by atoms with Crippen LogP contribution in [-0.4, -0.2) is 49.1 Å². The average molecular weight is 478 g/mol. The Balaban J connectivity index is 2.29. The van der Waals surface area contributed by atoms with E-state index in [0.717, 1.165) is 5.41 Å². The quantitative estimate of drug-likeness (QED) is 0.463. The second-order valence-electron chi connectivity index (χ2n) is 6.84. The highest BCUT2D eigenvalue weighted by Crippen LogP contribution is 2.35. The number of methoxy groups -OCH3 is 4. The number of carbonyl (C=O) groups is 2. The van der Waals surface area contributed by atoms with Gasteiger partial charge in [-0.25, -0.2) is 8.42 Å². The van der Waals surface area contributed by atoms with E-state index >= 15 is 0 Å². The normalized spacial score (nSPS) is 11.2. The van der Waals surface area contributed by atoms with Gasteiger partial charge in [0.1, 0.15) is 29.3 Å². The molecule has 0 radical (unpaired) electrons. The molecular formula is C23H27NO8S. The van der Waals surface area contributed by atoms with E-state index in [4.69, 9.17) is 18.9 Å². The second kappa shape index (κ2) is 11.9. The molecule has 1 N–H and O–H groups in total. The summed E-state index contributed by atoms with van der Waals surface area (Å²) in [5.41, 5.74) is 1.21. The minimum Gasteiger partial charge on any atom is -0.496 e. The molecule has 2 rings (SSSR count). The van der Waals surface area contributed by atoms with Crippen LogP contribution in [0.15, 0.2) is 35.7 Å².